The second-order valence-corrected chi connectivity index (χ2v) is 6.74. The minimum atomic E-state index is -0.920. The van der Waals surface area contributed by atoms with Gasteiger partial charge in [0.15, 0.2) is 0 Å². The van der Waals surface area contributed by atoms with E-state index in [9.17, 15) is 9.18 Å². The van der Waals surface area contributed by atoms with E-state index in [2.05, 4.69) is 10.3 Å². The van der Waals surface area contributed by atoms with Gasteiger partial charge in [0.25, 0.3) is 11.9 Å². The van der Waals surface area contributed by atoms with Gasteiger partial charge in [0, 0.05) is 22.7 Å². The molecule has 0 bridgehead atoms. The number of carbonyl (C=O) groups is 1. The number of rotatable bonds is 2. The number of halogens is 1. The number of nitrogens with one attached hydrogen (secondary N) is 1. The average Bonchev–Trinajstić information content (AvgIpc) is 2.62. The van der Waals surface area contributed by atoms with Crippen molar-refractivity contribution in [1.29, 1.82) is 0 Å². The van der Waals surface area contributed by atoms with Crippen LogP contribution in [-0.4, -0.2) is 18.0 Å². The van der Waals surface area contributed by atoms with E-state index < -0.39 is 5.54 Å². The van der Waals surface area contributed by atoms with Crippen molar-refractivity contribution in [2.45, 2.75) is 32.4 Å². The van der Waals surface area contributed by atoms with Gasteiger partial charge in [0.1, 0.15) is 11.9 Å². The number of carbonyl (C=O) groups excluding carboxylic acids is 1. The van der Waals surface area contributed by atoms with Crippen molar-refractivity contribution in [2.24, 2.45) is 10.9 Å². The van der Waals surface area contributed by atoms with Crippen molar-refractivity contribution in [3.05, 3.63) is 65.5 Å². The molecular weight excluding hydrogens is 333 g/mol. The second-order valence-electron chi connectivity index (χ2n) is 6.74. The highest BCUT2D eigenvalue weighted by atomic mass is 19.1. The number of nitrogen functional groups attached to an aromatic ring is 1. The van der Waals surface area contributed by atoms with Crippen LogP contribution < -0.4 is 11.1 Å². The van der Waals surface area contributed by atoms with E-state index in [1.807, 2.05) is 26.8 Å². The number of nitrogens with zero attached hydrogens (tertiary/aromatic N) is 1. The zero-order valence-electron chi connectivity index (χ0n) is 15.0. The minimum absolute atomic E-state index is 0.0776. The van der Waals surface area contributed by atoms with E-state index in [0.29, 0.717) is 16.8 Å². The number of ether oxygens (including phenoxy) is 1. The average molecular weight is 355 g/mol. The summed E-state index contributed by atoms with van der Waals surface area (Å²) in [6.07, 6.45) is -0.274. The lowest BCUT2D eigenvalue weighted by molar-refractivity contribution is 0.0636. The third-order valence-electron chi connectivity index (χ3n) is 5.01. The van der Waals surface area contributed by atoms with Crippen molar-refractivity contribution in [2.75, 3.05) is 5.73 Å². The van der Waals surface area contributed by atoms with Crippen LogP contribution in [0.5, 0.6) is 0 Å². The quantitative estimate of drug-likeness (QED) is 0.810. The molecule has 6 heteroatoms. The molecule has 0 saturated carbocycles. The number of amides is 1. The maximum Gasteiger partial charge on any atom is 0.292 e. The summed E-state index contributed by atoms with van der Waals surface area (Å²) in [4.78, 5) is 17.0. The summed E-state index contributed by atoms with van der Waals surface area (Å²) in [5, 5.41) is 2.68. The molecule has 2 aromatic carbocycles. The molecule has 26 heavy (non-hydrogen) atoms. The van der Waals surface area contributed by atoms with Crippen molar-refractivity contribution >= 4 is 17.6 Å². The summed E-state index contributed by atoms with van der Waals surface area (Å²) < 4.78 is 20.2. The predicted octanol–water partition coefficient (Wildman–Crippen LogP) is 3.46. The SMILES string of the molecule is CC1OC(NC(=O)c2ccccc2)=N[C@@](C)(c2cc(N)ccc2F)[C@@H]1C. The highest BCUT2D eigenvalue weighted by Gasteiger charge is 2.43. The smallest absolute Gasteiger partial charge is 0.292 e. The third-order valence-corrected chi connectivity index (χ3v) is 5.01. The first kappa shape index (κ1) is 17.9. The number of benzene rings is 2. The molecule has 5 nitrogen and oxygen atoms in total. The molecule has 1 unspecified atom stereocenters. The number of anilines is 1. The lowest BCUT2D eigenvalue weighted by atomic mass is 9.77. The van der Waals surface area contributed by atoms with E-state index in [-0.39, 0.29) is 29.8 Å². The van der Waals surface area contributed by atoms with Gasteiger partial charge in [-0.25, -0.2) is 9.38 Å². The van der Waals surface area contributed by atoms with Crippen LogP contribution in [0, 0.1) is 11.7 Å². The lowest BCUT2D eigenvalue weighted by Gasteiger charge is -2.40. The van der Waals surface area contributed by atoms with Gasteiger partial charge in [0.05, 0.1) is 5.54 Å². The molecule has 1 aliphatic heterocycles. The van der Waals surface area contributed by atoms with Crippen LogP contribution in [0.3, 0.4) is 0 Å². The Morgan fingerprint density at radius 1 is 1.23 bits per heavy atom. The van der Waals surface area contributed by atoms with E-state index in [1.165, 1.54) is 12.1 Å². The second kappa shape index (κ2) is 6.78. The molecule has 0 radical (unpaired) electrons. The molecule has 0 saturated heterocycles. The topological polar surface area (TPSA) is 76.7 Å². The first-order chi connectivity index (χ1) is 12.3. The zero-order valence-corrected chi connectivity index (χ0v) is 15.0. The van der Waals surface area contributed by atoms with Gasteiger partial charge in [-0.1, -0.05) is 25.1 Å². The van der Waals surface area contributed by atoms with Crippen LogP contribution >= 0.6 is 0 Å². The van der Waals surface area contributed by atoms with Gasteiger partial charge in [-0.05, 0) is 44.2 Å². The number of amidine groups is 1. The van der Waals surface area contributed by atoms with E-state index in [0.717, 1.165) is 0 Å². The van der Waals surface area contributed by atoms with Gasteiger partial charge >= 0.3 is 0 Å². The fourth-order valence-corrected chi connectivity index (χ4v) is 3.13. The maximum absolute atomic E-state index is 14.5. The number of hydrogen-bond donors (Lipinski definition) is 2. The molecule has 1 amide bonds. The van der Waals surface area contributed by atoms with E-state index in [1.54, 1.807) is 30.3 Å². The largest absolute Gasteiger partial charge is 0.462 e. The summed E-state index contributed by atoms with van der Waals surface area (Å²) in [7, 11) is 0. The monoisotopic (exact) mass is 355 g/mol. The molecule has 3 N–H and O–H groups in total. The van der Waals surface area contributed by atoms with Crippen LogP contribution in [0.25, 0.3) is 0 Å². The van der Waals surface area contributed by atoms with E-state index in [4.69, 9.17) is 10.5 Å². The van der Waals surface area contributed by atoms with Crippen LogP contribution in [0.4, 0.5) is 10.1 Å². The van der Waals surface area contributed by atoms with Crippen LogP contribution in [0.15, 0.2) is 53.5 Å². The summed E-state index contributed by atoms with van der Waals surface area (Å²) in [6, 6.07) is 13.3. The highest BCUT2D eigenvalue weighted by Crippen LogP contribution is 2.41. The van der Waals surface area contributed by atoms with Crippen molar-refractivity contribution in [3.63, 3.8) is 0 Å². The number of aliphatic imine (C=N–C) groups is 1. The Bertz CT molecular complexity index is 853. The molecule has 136 valence electrons. The third kappa shape index (κ3) is 3.27. The van der Waals surface area contributed by atoms with E-state index >= 15 is 0 Å². The molecule has 2 aromatic rings. The van der Waals surface area contributed by atoms with Gasteiger partial charge in [-0.2, -0.15) is 0 Å². The number of hydrogen-bond acceptors (Lipinski definition) is 4. The molecule has 1 heterocycles. The molecule has 0 aliphatic carbocycles. The lowest BCUT2D eigenvalue weighted by Crippen LogP contribution is -2.48. The fraction of sp³-hybridized carbons (Fsp3) is 0.300. The summed E-state index contributed by atoms with van der Waals surface area (Å²) in [6.45, 7) is 5.63. The standard InChI is InChI=1S/C20H22FN3O2/c1-12-13(2)26-19(23-18(25)14-7-5-4-6-8-14)24-20(12,3)16-11-15(22)9-10-17(16)21/h4-13H,22H2,1-3H3,(H,23,24,25)/t12-,13?,20-/m1/s1. The van der Waals surface area contributed by atoms with Crippen LogP contribution in [0.2, 0.25) is 0 Å². The highest BCUT2D eigenvalue weighted by molar-refractivity contribution is 6.04. The first-order valence-corrected chi connectivity index (χ1v) is 8.49. The van der Waals surface area contributed by atoms with Gasteiger partial charge in [-0.3, -0.25) is 10.1 Å². The molecule has 3 rings (SSSR count). The van der Waals surface area contributed by atoms with Crippen molar-refractivity contribution in [3.8, 4) is 0 Å². The van der Waals surface area contributed by atoms with Crippen molar-refractivity contribution in [1.82, 2.24) is 5.32 Å². The van der Waals surface area contributed by atoms with Crippen LogP contribution in [-0.2, 0) is 10.3 Å². The Kier molecular flexibility index (Phi) is 4.68. The van der Waals surface area contributed by atoms with Crippen molar-refractivity contribution < 1.29 is 13.9 Å². The molecule has 0 fully saturated rings. The Balaban J connectivity index is 1.98. The molecule has 0 aromatic heterocycles. The van der Waals surface area contributed by atoms with Gasteiger partial charge in [-0.15, -0.1) is 0 Å². The zero-order chi connectivity index (χ0) is 18.9. The predicted molar refractivity (Wildman–Crippen MR) is 99.2 cm³/mol. The van der Waals surface area contributed by atoms with Gasteiger partial charge < -0.3 is 10.5 Å². The van der Waals surface area contributed by atoms with Crippen LogP contribution in [0.1, 0.15) is 36.7 Å². The molecule has 3 atom stereocenters. The molecular formula is C20H22FN3O2. The molecule has 1 aliphatic rings. The normalized spacial score (nSPS) is 25.2. The molecule has 0 spiro atoms. The minimum Gasteiger partial charge on any atom is -0.462 e. The Morgan fingerprint density at radius 3 is 2.62 bits per heavy atom. The van der Waals surface area contributed by atoms with Gasteiger partial charge in [0.2, 0.25) is 0 Å². The summed E-state index contributed by atoms with van der Waals surface area (Å²) in [5.41, 5.74) is 6.25. The summed E-state index contributed by atoms with van der Waals surface area (Å²) >= 11 is 0. The maximum atomic E-state index is 14.5. The summed E-state index contributed by atoms with van der Waals surface area (Å²) in [5.74, 6) is -0.849. The Labute approximate surface area is 152 Å². The Hall–Kier alpha value is -2.89. The first-order valence-electron chi connectivity index (χ1n) is 8.49. The number of nitrogens with two attached hydrogens (primary N) is 1. The Morgan fingerprint density at radius 2 is 1.92 bits per heavy atom. The fourth-order valence-electron chi connectivity index (χ4n) is 3.13.